The van der Waals surface area contributed by atoms with Crippen LogP contribution in [0.3, 0.4) is 0 Å². The summed E-state index contributed by atoms with van der Waals surface area (Å²) in [5.74, 6) is 0.0117. The molecule has 2 aromatic carbocycles. The molecule has 0 aromatic heterocycles. The summed E-state index contributed by atoms with van der Waals surface area (Å²) in [5, 5.41) is 23.7. The molecule has 0 fully saturated rings. The number of halogens is 1. The van der Waals surface area contributed by atoms with Crippen molar-refractivity contribution in [1.82, 2.24) is 5.43 Å². The molecule has 1 aliphatic heterocycles. The Balaban J connectivity index is 1.81. The predicted molar refractivity (Wildman–Crippen MR) is 85.4 cm³/mol. The van der Waals surface area contributed by atoms with Crippen LogP contribution in [-0.2, 0) is 0 Å². The molecule has 0 saturated heterocycles. The van der Waals surface area contributed by atoms with Crippen LogP contribution in [0, 0.1) is 5.82 Å². The van der Waals surface area contributed by atoms with Crippen molar-refractivity contribution in [3.05, 3.63) is 53.8 Å². The molecule has 5 nitrogen and oxygen atoms in total. The number of nitrogens with one attached hydrogen (secondary N) is 1. The van der Waals surface area contributed by atoms with Gasteiger partial charge in [-0.3, -0.25) is 5.43 Å². The van der Waals surface area contributed by atoms with E-state index in [1.807, 2.05) is 0 Å². The highest BCUT2D eigenvalue weighted by molar-refractivity contribution is 8.14. The Morgan fingerprint density at radius 3 is 2.68 bits per heavy atom. The zero-order valence-electron chi connectivity index (χ0n) is 11.3. The minimum absolute atomic E-state index is 0.0138. The summed E-state index contributed by atoms with van der Waals surface area (Å²) in [7, 11) is 0. The fraction of sp³-hybridized carbons (Fsp3) is 0.0667. The van der Waals surface area contributed by atoms with E-state index in [1.165, 1.54) is 30.0 Å². The average Bonchev–Trinajstić information content (AvgIpc) is 2.51. The molecule has 0 radical (unpaired) electrons. The number of benzene rings is 2. The molecule has 0 aliphatic carbocycles. The third-order valence-electron chi connectivity index (χ3n) is 3.00. The van der Waals surface area contributed by atoms with Crippen LogP contribution in [0.4, 0.5) is 10.1 Å². The Hall–Kier alpha value is -2.54. The molecule has 2 aromatic rings. The summed E-state index contributed by atoms with van der Waals surface area (Å²) in [6, 6.07) is 10.6. The lowest BCUT2D eigenvalue weighted by atomic mass is 10.1. The number of rotatable bonds is 2. The molecule has 3 N–H and O–H groups in total. The third-order valence-corrected chi connectivity index (χ3v) is 3.87. The highest BCUT2D eigenvalue weighted by Crippen LogP contribution is 2.26. The Kier molecular flexibility index (Phi) is 3.97. The lowest BCUT2D eigenvalue weighted by Crippen LogP contribution is -2.25. The highest BCUT2D eigenvalue weighted by Gasteiger charge is 2.16. The minimum Gasteiger partial charge on any atom is -0.508 e. The van der Waals surface area contributed by atoms with Crippen LogP contribution in [0.2, 0.25) is 0 Å². The summed E-state index contributed by atoms with van der Waals surface area (Å²) in [4.78, 5) is 4.17. The largest absolute Gasteiger partial charge is 0.508 e. The summed E-state index contributed by atoms with van der Waals surface area (Å²) < 4.78 is 13.5. The maximum Gasteiger partial charge on any atom is 0.182 e. The SMILES string of the molecule is Oc1ccc(C2=NNC(=Nc3ccccc3F)SC2)c(O)c1. The van der Waals surface area contributed by atoms with Crippen LogP contribution in [-0.4, -0.2) is 26.8 Å². The number of amidine groups is 1. The van der Waals surface area contributed by atoms with Crippen molar-refractivity contribution in [3.8, 4) is 11.5 Å². The molecule has 3 rings (SSSR count). The maximum atomic E-state index is 13.5. The van der Waals surface area contributed by atoms with Gasteiger partial charge in [0.05, 0.1) is 5.71 Å². The van der Waals surface area contributed by atoms with Gasteiger partial charge in [0.1, 0.15) is 23.0 Å². The Labute approximate surface area is 130 Å². The molecule has 0 saturated carbocycles. The van der Waals surface area contributed by atoms with Crippen molar-refractivity contribution < 1.29 is 14.6 Å². The quantitative estimate of drug-likeness (QED) is 0.796. The Morgan fingerprint density at radius 2 is 2.00 bits per heavy atom. The van der Waals surface area contributed by atoms with Crippen molar-refractivity contribution in [2.75, 3.05) is 5.75 Å². The number of phenolic OH excluding ortho intramolecular Hbond substituents is 2. The van der Waals surface area contributed by atoms with Crippen molar-refractivity contribution in [2.24, 2.45) is 10.1 Å². The second kappa shape index (κ2) is 6.07. The molecular weight excluding hydrogens is 305 g/mol. The van der Waals surface area contributed by atoms with Crippen molar-refractivity contribution in [1.29, 1.82) is 0 Å². The van der Waals surface area contributed by atoms with Gasteiger partial charge in [0.15, 0.2) is 5.17 Å². The van der Waals surface area contributed by atoms with Gasteiger partial charge in [-0.05, 0) is 24.3 Å². The van der Waals surface area contributed by atoms with Gasteiger partial charge in [-0.1, -0.05) is 23.9 Å². The summed E-state index contributed by atoms with van der Waals surface area (Å²) in [5.41, 5.74) is 4.14. The first-order chi connectivity index (χ1) is 10.6. The van der Waals surface area contributed by atoms with Crippen LogP contribution >= 0.6 is 11.8 Å². The number of para-hydroxylation sites is 1. The third kappa shape index (κ3) is 3.04. The maximum absolute atomic E-state index is 13.5. The van der Waals surface area contributed by atoms with Crippen molar-refractivity contribution >= 4 is 28.3 Å². The monoisotopic (exact) mass is 317 g/mol. The second-order valence-electron chi connectivity index (χ2n) is 4.53. The molecular formula is C15H12FN3O2S. The van der Waals surface area contributed by atoms with Crippen LogP contribution in [0.5, 0.6) is 11.5 Å². The Bertz CT molecular complexity index is 777. The zero-order chi connectivity index (χ0) is 15.5. The number of hydrazone groups is 1. The summed E-state index contributed by atoms with van der Waals surface area (Å²) >= 11 is 1.35. The van der Waals surface area contributed by atoms with E-state index in [4.69, 9.17) is 0 Å². The van der Waals surface area contributed by atoms with Gasteiger partial charge in [0, 0.05) is 17.4 Å². The molecule has 0 amide bonds. The van der Waals surface area contributed by atoms with Crippen molar-refractivity contribution in [3.63, 3.8) is 0 Å². The minimum atomic E-state index is -0.400. The fourth-order valence-corrected chi connectivity index (χ4v) is 2.69. The standard InChI is InChI=1S/C15H12FN3O2S/c16-11-3-1-2-4-12(11)17-15-19-18-13(8-22-15)10-6-5-9(20)7-14(10)21/h1-7,20-21H,8H2,(H,17,19). The molecule has 0 atom stereocenters. The highest BCUT2D eigenvalue weighted by atomic mass is 32.2. The van der Waals surface area contributed by atoms with Gasteiger partial charge in [0.25, 0.3) is 0 Å². The van der Waals surface area contributed by atoms with E-state index in [-0.39, 0.29) is 17.2 Å². The molecule has 1 aliphatic rings. The van der Waals surface area contributed by atoms with E-state index in [0.717, 1.165) is 0 Å². The van der Waals surface area contributed by atoms with E-state index in [0.29, 0.717) is 22.2 Å². The first-order valence-corrected chi connectivity index (χ1v) is 7.43. The summed E-state index contributed by atoms with van der Waals surface area (Å²) in [6.45, 7) is 0. The van der Waals surface area contributed by atoms with Crippen LogP contribution in [0.15, 0.2) is 52.6 Å². The molecule has 112 valence electrons. The van der Waals surface area contributed by atoms with Gasteiger partial charge >= 0.3 is 0 Å². The van der Waals surface area contributed by atoms with Gasteiger partial charge < -0.3 is 10.2 Å². The number of thioether (sulfide) groups is 1. The number of nitrogens with zero attached hydrogens (tertiary/aromatic N) is 2. The number of aliphatic imine (C=N–C) groups is 1. The zero-order valence-corrected chi connectivity index (χ0v) is 12.1. The predicted octanol–water partition coefficient (Wildman–Crippen LogP) is 2.97. The number of phenols is 2. The lowest BCUT2D eigenvalue weighted by molar-refractivity contribution is 0.450. The number of hydrogen-bond acceptors (Lipinski definition) is 5. The van der Waals surface area contributed by atoms with Crippen LogP contribution in [0.1, 0.15) is 5.56 Å². The first-order valence-electron chi connectivity index (χ1n) is 6.44. The lowest BCUT2D eigenvalue weighted by Gasteiger charge is -2.15. The van der Waals surface area contributed by atoms with Gasteiger partial charge in [-0.2, -0.15) is 5.10 Å². The fourth-order valence-electron chi connectivity index (χ4n) is 1.93. The summed E-state index contributed by atoms with van der Waals surface area (Å²) in [6.07, 6.45) is 0. The van der Waals surface area contributed by atoms with E-state index in [2.05, 4.69) is 15.5 Å². The van der Waals surface area contributed by atoms with E-state index < -0.39 is 5.82 Å². The van der Waals surface area contributed by atoms with Gasteiger partial charge in [0.2, 0.25) is 0 Å². The molecule has 0 bridgehead atoms. The topological polar surface area (TPSA) is 77.2 Å². The van der Waals surface area contributed by atoms with Gasteiger partial charge in [-0.15, -0.1) is 0 Å². The number of hydrogen-bond donors (Lipinski definition) is 3. The smallest absolute Gasteiger partial charge is 0.182 e. The van der Waals surface area contributed by atoms with E-state index in [9.17, 15) is 14.6 Å². The van der Waals surface area contributed by atoms with E-state index >= 15 is 0 Å². The molecule has 22 heavy (non-hydrogen) atoms. The number of aromatic hydroxyl groups is 2. The van der Waals surface area contributed by atoms with Crippen molar-refractivity contribution in [2.45, 2.75) is 0 Å². The average molecular weight is 317 g/mol. The molecule has 7 heteroatoms. The Morgan fingerprint density at radius 1 is 1.18 bits per heavy atom. The normalized spacial score (nSPS) is 16.2. The molecule has 0 unspecified atom stereocenters. The molecule has 1 heterocycles. The van der Waals surface area contributed by atoms with Crippen LogP contribution in [0.25, 0.3) is 0 Å². The molecule has 0 spiro atoms. The second-order valence-corrected chi connectivity index (χ2v) is 5.49. The van der Waals surface area contributed by atoms with Crippen LogP contribution < -0.4 is 5.43 Å². The first kappa shape index (κ1) is 14.4. The van der Waals surface area contributed by atoms with Gasteiger partial charge in [-0.25, -0.2) is 9.38 Å². The van der Waals surface area contributed by atoms with E-state index in [1.54, 1.807) is 24.3 Å².